The van der Waals surface area contributed by atoms with Gasteiger partial charge in [-0.3, -0.25) is 9.59 Å². The second-order valence-corrected chi connectivity index (χ2v) is 14.8. The van der Waals surface area contributed by atoms with Crippen molar-refractivity contribution in [2.24, 2.45) is 10.8 Å². The Morgan fingerprint density at radius 3 is 1.49 bits per heavy atom. The summed E-state index contributed by atoms with van der Waals surface area (Å²) in [4.78, 5) is 77.3. The predicted molar refractivity (Wildman–Crippen MR) is 188 cm³/mol. The van der Waals surface area contributed by atoms with E-state index in [-0.39, 0.29) is 85.8 Å². The molecule has 14 nitrogen and oxygen atoms in total. The van der Waals surface area contributed by atoms with Crippen LogP contribution >= 0.6 is 0 Å². The van der Waals surface area contributed by atoms with Gasteiger partial charge in [0.15, 0.2) is 11.6 Å². The number of carbonyl (C=O) groups excluding carboxylic acids is 6. The van der Waals surface area contributed by atoms with Crippen molar-refractivity contribution in [3.05, 3.63) is 94.6 Å². The summed E-state index contributed by atoms with van der Waals surface area (Å²) in [5.41, 5.74) is -1.82. The Bertz CT molecular complexity index is 1840. The zero-order valence-corrected chi connectivity index (χ0v) is 31.3. The molecule has 0 radical (unpaired) electrons. The van der Waals surface area contributed by atoms with E-state index in [9.17, 15) is 39.0 Å². The molecule has 2 atom stereocenters. The van der Waals surface area contributed by atoms with Crippen molar-refractivity contribution >= 4 is 35.4 Å². The van der Waals surface area contributed by atoms with Crippen molar-refractivity contribution in [2.45, 2.75) is 83.2 Å². The maximum absolute atomic E-state index is 13.0. The van der Waals surface area contributed by atoms with Crippen molar-refractivity contribution in [3.8, 4) is 0 Å². The van der Waals surface area contributed by atoms with Gasteiger partial charge in [0.1, 0.15) is 17.6 Å². The Morgan fingerprint density at radius 2 is 1.07 bits per heavy atom. The highest BCUT2D eigenvalue weighted by Gasteiger charge is 2.59. The minimum atomic E-state index is -1.86. The molecule has 5 rings (SSSR count). The molecule has 3 fully saturated rings. The zero-order valence-electron chi connectivity index (χ0n) is 31.3. The molecule has 0 amide bonds. The van der Waals surface area contributed by atoms with Gasteiger partial charge in [-0.25, -0.2) is 19.2 Å². The van der Waals surface area contributed by atoms with Crippen molar-refractivity contribution in [3.63, 3.8) is 0 Å². The number of Topliss-reactive ketones (excluding diaryl/α,β-unsaturated/α-hetero) is 2. The topological polar surface area (TPSA) is 204 Å². The third-order valence-electron chi connectivity index (χ3n) is 10.3. The second kappa shape index (κ2) is 16.6. The van der Waals surface area contributed by atoms with Crippen LogP contribution in [0.25, 0.3) is 0 Å². The van der Waals surface area contributed by atoms with Crippen molar-refractivity contribution in [2.75, 3.05) is 27.4 Å². The summed E-state index contributed by atoms with van der Waals surface area (Å²) in [6.07, 6.45) is 14.8. The number of esters is 4. The fourth-order valence-electron chi connectivity index (χ4n) is 7.53. The molecule has 0 N–H and O–H groups in total. The maximum Gasteiger partial charge on any atom is 0.348 e. The van der Waals surface area contributed by atoms with E-state index < -0.39 is 63.8 Å². The van der Waals surface area contributed by atoms with Crippen LogP contribution in [0, 0.1) is 10.8 Å². The van der Waals surface area contributed by atoms with Crippen LogP contribution in [-0.4, -0.2) is 74.5 Å². The lowest BCUT2D eigenvalue weighted by molar-refractivity contribution is -0.314. The lowest BCUT2D eigenvalue weighted by Crippen LogP contribution is -2.58. The molecule has 5 aliphatic rings. The molecule has 0 aromatic rings. The number of hydrogen-bond donors (Lipinski definition) is 0. The summed E-state index contributed by atoms with van der Waals surface area (Å²) in [6.45, 7) is 4.31. The van der Waals surface area contributed by atoms with Crippen LogP contribution in [-0.2, 0) is 57.2 Å². The van der Waals surface area contributed by atoms with Crippen LogP contribution in [0.15, 0.2) is 94.6 Å². The molecule has 3 aliphatic carbocycles. The number of ketones is 2. The van der Waals surface area contributed by atoms with E-state index in [1.54, 1.807) is 0 Å². The van der Waals surface area contributed by atoms with Crippen LogP contribution in [0.2, 0.25) is 0 Å². The first-order valence-electron chi connectivity index (χ1n) is 18.0. The predicted octanol–water partition coefficient (Wildman–Crippen LogP) is 2.88. The zero-order chi connectivity index (χ0) is 40.0. The van der Waals surface area contributed by atoms with Gasteiger partial charge >= 0.3 is 23.9 Å². The van der Waals surface area contributed by atoms with Gasteiger partial charge < -0.3 is 38.6 Å². The SMILES string of the molecule is CCC1(COC)CC(=O)C(/C=C/C=C/C=C2C(=O)OC3(CCCC4(C3)OC(=O)C(=C/C=C/C=C/C3=C([O-])CC(C)(COC)CC3=O)C(=O)O4)OC2=O)=C([O-])C1. The molecule has 14 heteroatoms. The number of rotatable bonds is 11. The summed E-state index contributed by atoms with van der Waals surface area (Å²) in [7, 11) is 3.04. The van der Waals surface area contributed by atoms with Crippen molar-refractivity contribution < 1.29 is 67.4 Å². The highest BCUT2D eigenvalue weighted by Crippen LogP contribution is 2.46. The van der Waals surface area contributed by atoms with Gasteiger partial charge in [0.2, 0.25) is 0 Å². The minimum Gasteiger partial charge on any atom is -0.875 e. The van der Waals surface area contributed by atoms with Crippen molar-refractivity contribution in [1.82, 2.24) is 0 Å². The fraction of sp³-hybridized carbons (Fsp3) is 0.463. The maximum atomic E-state index is 13.0. The van der Waals surface area contributed by atoms with E-state index in [1.165, 1.54) is 68.9 Å². The number of allylic oxidation sites excluding steroid dienone is 14. The minimum absolute atomic E-state index is 0.0551. The Morgan fingerprint density at radius 1 is 0.618 bits per heavy atom. The van der Waals surface area contributed by atoms with Crippen molar-refractivity contribution in [1.29, 1.82) is 0 Å². The van der Waals surface area contributed by atoms with E-state index in [0.717, 1.165) is 6.08 Å². The molecule has 0 aromatic carbocycles. The van der Waals surface area contributed by atoms with Gasteiger partial charge in [-0.05, 0) is 37.8 Å². The van der Waals surface area contributed by atoms with Crippen LogP contribution in [0.3, 0.4) is 0 Å². The Balaban J connectivity index is 1.19. The summed E-state index contributed by atoms with van der Waals surface area (Å²) in [6, 6.07) is 0. The first-order valence-corrected chi connectivity index (χ1v) is 18.0. The Kier molecular flexibility index (Phi) is 12.3. The molecule has 2 spiro atoms. The fourth-order valence-corrected chi connectivity index (χ4v) is 7.53. The van der Waals surface area contributed by atoms with E-state index in [2.05, 4.69) is 0 Å². The first kappa shape index (κ1) is 40.8. The van der Waals surface area contributed by atoms with E-state index in [0.29, 0.717) is 13.0 Å². The van der Waals surface area contributed by atoms with Crippen LogP contribution in [0.1, 0.15) is 71.6 Å². The quantitative estimate of drug-likeness (QED) is 0.129. The average Bonchev–Trinajstić information content (AvgIpc) is 3.08. The highest BCUT2D eigenvalue weighted by molar-refractivity contribution is 6.16. The molecular formula is C41H44O14-2. The van der Waals surface area contributed by atoms with Gasteiger partial charge in [0, 0.05) is 61.9 Å². The lowest BCUT2D eigenvalue weighted by Gasteiger charge is -2.47. The van der Waals surface area contributed by atoms with E-state index in [1.807, 2.05) is 13.8 Å². The molecule has 0 aromatic heterocycles. The molecule has 2 aliphatic heterocycles. The summed E-state index contributed by atoms with van der Waals surface area (Å²) in [5.74, 6) is -8.91. The first-order chi connectivity index (χ1) is 26.1. The van der Waals surface area contributed by atoms with Crippen LogP contribution in [0.4, 0.5) is 0 Å². The van der Waals surface area contributed by atoms with Gasteiger partial charge in [-0.1, -0.05) is 62.5 Å². The van der Waals surface area contributed by atoms with Crippen LogP contribution in [0.5, 0.6) is 0 Å². The number of hydrogen-bond acceptors (Lipinski definition) is 14. The Labute approximate surface area is 318 Å². The number of methoxy groups -OCH3 is 2. The van der Waals surface area contributed by atoms with E-state index in [4.69, 9.17) is 28.4 Å². The highest BCUT2D eigenvalue weighted by atomic mass is 16.8. The van der Waals surface area contributed by atoms with Gasteiger partial charge in [0.25, 0.3) is 11.6 Å². The molecule has 0 bridgehead atoms. The van der Waals surface area contributed by atoms with Crippen LogP contribution < -0.4 is 10.2 Å². The summed E-state index contributed by atoms with van der Waals surface area (Å²) >= 11 is 0. The summed E-state index contributed by atoms with van der Waals surface area (Å²) < 4.78 is 32.6. The Hall–Kier alpha value is -5.34. The second-order valence-electron chi connectivity index (χ2n) is 14.8. The smallest absolute Gasteiger partial charge is 0.348 e. The third kappa shape index (κ3) is 9.14. The molecule has 2 saturated heterocycles. The normalized spacial score (nSPS) is 30.7. The van der Waals surface area contributed by atoms with Gasteiger partial charge in [0.05, 0.1) is 13.2 Å². The molecule has 2 unspecified atom stereocenters. The molecule has 2 heterocycles. The van der Waals surface area contributed by atoms with Gasteiger partial charge in [-0.15, -0.1) is 11.5 Å². The largest absolute Gasteiger partial charge is 0.875 e. The monoisotopic (exact) mass is 760 g/mol. The molecule has 55 heavy (non-hydrogen) atoms. The third-order valence-corrected chi connectivity index (χ3v) is 10.3. The molecule has 294 valence electrons. The average molecular weight is 761 g/mol. The lowest BCUT2D eigenvalue weighted by atomic mass is 9.72. The van der Waals surface area contributed by atoms with E-state index >= 15 is 0 Å². The number of ether oxygens (including phenoxy) is 6. The number of carbonyl (C=O) groups is 6. The van der Waals surface area contributed by atoms with Gasteiger partial charge in [-0.2, -0.15) is 0 Å². The molecule has 1 saturated carbocycles. The summed E-state index contributed by atoms with van der Waals surface area (Å²) in [5, 5.41) is 25.3. The molecular weight excluding hydrogens is 716 g/mol. The standard InChI is InChI=1S/C41H46O14/c1-5-39(25-51-4)21-32(44)27(33(45)22-39)14-9-7-11-16-29-36(48)54-41(55-37(29)49)18-12-17-40(23-41)52-34(46)28(35(47)53-40)15-10-6-8-13-26-30(42)19-38(2,24-50-3)20-31(26)43/h6-11,13-16,42,44H,5,12,17-25H2,1-4H3/p-2/b10-6+,11-7+,13-8+,14-9+,28-15?,29-16?.